The van der Waals surface area contributed by atoms with Gasteiger partial charge >= 0.3 is 0 Å². The summed E-state index contributed by atoms with van der Waals surface area (Å²) in [6, 6.07) is 8.04. The number of nitrogens with two attached hydrogens (primary N) is 1. The summed E-state index contributed by atoms with van der Waals surface area (Å²) in [7, 11) is 0. The Morgan fingerprint density at radius 1 is 1.27 bits per heavy atom. The van der Waals surface area contributed by atoms with Crippen LogP contribution in [0.1, 0.15) is 29.6 Å². The molecule has 0 radical (unpaired) electrons. The van der Waals surface area contributed by atoms with Gasteiger partial charge in [-0.2, -0.15) is 0 Å². The second-order valence-electron chi connectivity index (χ2n) is 7.06. The van der Waals surface area contributed by atoms with Gasteiger partial charge in [0.25, 0.3) is 5.91 Å². The standard InChI is InChI=1S/C19H24N4O2.ClH/c20-7-10-23-17-6-9-22(12-15(17)3-4-18(23)24)19(25)14-2-1-13-5-8-21-16(13)11-14;/h1-2,5,8,11,15,17,21H,3-4,6-7,9-10,12,20H2;1H/t15-,17+;/m0./s1. The maximum atomic E-state index is 12.9. The van der Waals surface area contributed by atoms with E-state index in [4.69, 9.17) is 5.73 Å². The van der Waals surface area contributed by atoms with Crippen LogP contribution in [0.2, 0.25) is 0 Å². The summed E-state index contributed by atoms with van der Waals surface area (Å²) in [6.45, 7) is 2.53. The fourth-order valence-corrected chi connectivity index (χ4v) is 4.33. The highest BCUT2D eigenvalue weighted by molar-refractivity contribution is 5.98. The Labute approximate surface area is 159 Å². The molecule has 26 heavy (non-hydrogen) atoms. The number of halogens is 1. The molecule has 2 amide bonds. The summed E-state index contributed by atoms with van der Waals surface area (Å²) in [5, 5.41) is 1.11. The molecule has 140 valence electrons. The number of piperidine rings is 2. The van der Waals surface area contributed by atoms with Crippen LogP contribution < -0.4 is 5.73 Å². The minimum atomic E-state index is 0. The summed E-state index contributed by atoms with van der Waals surface area (Å²) in [5.41, 5.74) is 7.38. The van der Waals surface area contributed by atoms with E-state index in [-0.39, 0.29) is 30.3 Å². The van der Waals surface area contributed by atoms with Crippen molar-refractivity contribution < 1.29 is 9.59 Å². The zero-order valence-corrected chi connectivity index (χ0v) is 15.5. The first kappa shape index (κ1) is 18.7. The van der Waals surface area contributed by atoms with Crippen molar-refractivity contribution in [1.29, 1.82) is 0 Å². The summed E-state index contributed by atoms with van der Waals surface area (Å²) in [5.74, 6) is 0.650. The lowest BCUT2D eigenvalue weighted by atomic mass is 9.83. The van der Waals surface area contributed by atoms with Crippen molar-refractivity contribution in [2.75, 3.05) is 26.2 Å². The topological polar surface area (TPSA) is 82.4 Å². The Kier molecular flexibility index (Phi) is 5.53. The molecular weight excluding hydrogens is 352 g/mol. The van der Waals surface area contributed by atoms with E-state index in [9.17, 15) is 9.59 Å². The molecule has 7 heteroatoms. The van der Waals surface area contributed by atoms with Crippen LogP contribution in [0.25, 0.3) is 10.9 Å². The zero-order chi connectivity index (χ0) is 17.4. The van der Waals surface area contributed by atoms with Gasteiger partial charge in [-0.05, 0) is 42.3 Å². The van der Waals surface area contributed by atoms with Crippen LogP contribution in [0.3, 0.4) is 0 Å². The molecule has 2 aliphatic rings. The van der Waals surface area contributed by atoms with Crippen LogP contribution in [-0.2, 0) is 4.79 Å². The van der Waals surface area contributed by atoms with E-state index >= 15 is 0 Å². The van der Waals surface area contributed by atoms with Crippen molar-refractivity contribution in [3.63, 3.8) is 0 Å². The third kappa shape index (κ3) is 3.31. The zero-order valence-electron chi connectivity index (χ0n) is 14.7. The van der Waals surface area contributed by atoms with E-state index in [2.05, 4.69) is 4.98 Å². The lowest BCUT2D eigenvalue weighted by molar-refractivity contribution is -0.140. The summed E-state index contributed by atoms with van der Waals surface area (Å²) in [4.78, 5) is 32.1. The molecule has 0 bridgehead atoms. The van der Waals surface area contributed by atoms with Gasteiger partial charge in [0, 0.05) is 55.9 Å². The molecule has 1 aromatic heterocycles. The molecule has 0 spiro atoms. The second-order valence-corrected chi connectivity index (χ2v) is 7.06. The SMILES string of the molecule is Cl.NCCN1C(=O)CC[C@H]2CN(C(=O)c3ccc4cc[nH]c4c3)CC[C@H]21. The van der Waals surface area contributed by atoms with Gasteiger partial charge in [0.15, 0.2) is 0 Å². The smallest absolute Gasteiger partial charge is 0.253 e. The van der Waals surface area contributed by atoms with Gasteiger partial charge in [-0.1, -0.05) is 6.07 Å². The molecule has 0 unspecified atom stereocenters. The highest BCUT2D eigenvalue weighted by Crippen LogP contribution is 2.31. The maximum absolute atomic E-state index is 12.9. The number of nitrogens with one attached hydrogen (secondary N) is 1. The number of rotatable bonds is 3. The van der Waals surface area contributed by atoms with Gasteiger partial charge in [0.2, 0.25) is 5.91 Å². The minimum Gasteiger partial charge on any atom is -0.361 e. The van der Waals surface area contributed by atoms with E-state index in [1.165, 1.54) is 0 Å². The van der Waals surface area contributed by atoms with Crippen molar-refractivity contribution in [3.05, 3.63) is 36.0 Å². The predicted octanol–water partition coefficient (Wildman–Crippen LogP) is 2.00. The molecule has 6 nitrogen and oxygen atoms in total. The molecule has 2 saturated heterocycles. The maximum Gasteiger partial charge on any atom is 0.253 e. The Balaban J connectivity index is 0.00000196. The fraction of sp³-hybridized carbons (Fsp3) is 0.474. The number of amides is 2. The van der Waals surface area contributed by atoms with Gasteiger partial charge in [-0.15, -0.1) is 12.4 Å². The lowest BCUT2D eigenvalue weighted by Crippen LogP contribution is -2.57. The molecule has 2 aromatic rings. The van der Waals surface area contributed by atoms with Crippen molar-refractivity contribution in [2.24, 2.45) is 11.7 Å². The molecule has 2 fully saturated rings. The molecule has 3 N–H and O–H groups in total. The van der Waals surface area contributed by atoms with Crippen molar-refractivity contribution in [1.82, 2.24) is 14.8 Å². The molecule has 3 heterocycles. The number of benzene rings is 1. The molecule has 4 rings (SSSR count). The van der Waals surface area contributed by atoms with E-state index in [1.807, 2.05) is 40.3 Å². The Morgan fingerprint density at radius 3 is 2.92 bits per heavy atom. The fourth-order valence-electron chi connectivity index (χ4n) is 4.33. The number of carbonyl (C=O) groups excluding carboxylic acids is 2. The van der Waals surface area contributed by atoms with E-state index in [1.54, 1.807) is 0 Å². The molecular formula is C19H25ClN4O2. The first-order valence-corrected chi connectivity index (χ1v) is 9.03. The molecule has 2 aliphatic heterocycles. The number of fused-ring (bicyclic) bond motifs is 2. The third-order valence-corrected chi connectivity index (χ3v) is 5.60. The number of hydrogen-bond acceptors (Lipinski definition) is 3. The molecule has 1 aromatic carbocycles. The van der Waals surface area contributed by atoms with E-state index < -0.39 is 0 Å². The van der Waals surface area contributed by atoms with Crippen LogP contribution in [0.5, 0.6) is 0 Å². The largest absolute Gasteiger partial charge is 0.361 e. The predicted molar refractivity (Wildman–Crippen MR) is 103 cm³/mol. The van der Waals surface area contributed by atoms with Crippen LogP contribution in [-0.4, -0.2) is 58.8 Å². The molecule has 0 saturated carbocycles. The van der Waals surface area contributed by atoms with Gasteiger partial charge in [-0.25, -0.2) is 0 Å². The highest BCUT2D eigenvalue weighted by Gasteiger charge is 2.40. The van der Waals surface area contributed by atoms with Crippen molar-refractivity contribution in [2.45, 2.75) is 25.3 Å². The van der Waals surface area contributed by atoms with Crippen LogP contribution >= 0.6 is 12.4 Å². The first-order chi connectivity index (χ1) is 12.2. The molecule has 0 aliphatic carbocycles. The Morgan fingerprint density at radius 2 is 2.12 bits per heavy atom. The normalized spacial score (nSPS) is 22.9. The van der Waals surface area contributed by atoms with Crippen LogP contribution in [0, 0.1) is 5.92 Å². The summed E-state index contributed by atoms with van der Waals surface area (Å²) in [6.07, 6.45) is 4.16. The van der Waals surface area contributed by atoms with Gasteiger partial charge in [-0.3, -0.25) is 9.59 Å². The number of aromatic amines is 1. The van der Waals surface area contributed by atoms with Crippen LogP contribution in [0.4, 0.5) is 0 Å². The first-order valence-electron chi connectivity index (χ1n) is 9.03. The summed E-state index contributed by atoms with van der Waals surface area (Å²) < 4.78 is 0. The van der Waals surface area contributed by atoms with Crippen molar-refractivity contribution in [3.8, 4) is 0 Å². The monoisotopic (exact) mass is 376 g/mol. The number of aromatic nitrogens is 1. The Bertz CT molecular complexity index is 806. The average Bonchev–Trinajstić information content (AvgIpc) is 3.11. The third-order valence-electron chi connectivity index (χ3n) is 5.60. The number of hydrogen-bond donors (Lipinski definition) is 2. The van der Waals surface area contributed by atoms with Gasteiger partial charge in [0.05, 0.1) is 0 Å². The minimum absolute atomic E-state index is 0. The lowest BCUT2D eigenvalue weighted by Gasteiger charge is -2.47. The quantitative estimate of drug-likeness (QED) is 0.859. The number of likely N-dealkylation sites (tertiary alicyclic amines) is 2. The number of H-pyrrole nitrogens is 1. The highest BCUT2D eigenvalue weighted by atomic mass is 35.5. The van der Waals surface area contributed by atoms with Crippen molar-refractivity contribution >= 4 is 35.1 Å². The Hall–Kier alpha value is -2.05. The second kappa shape index (κ2) is 7.68. The van der Waals surface area contributed by atoms with E-state index in [0.717, 1.165) is 35.9 Å². The van der Waals surface area contributed by atoms with Crippen LogP contribution in [0.15, 0.2) is 30.5 Å². The van der Waals surface area contributed by atoms with E-state index in [0.29, 0.717) is 32.0 Å². The van der Waals surface area contributed by atoms with Gasteiger partial charge in [0.1, 0.15) is 0 Å². The number of nitrogens with zero attached hydrogens (tertiary/aromatic N) is 2. The summed E-state index contributed by atoms with van der Waals surface area (Å²) >= 11 is 0. The average molecular weight is 377 g/mol. The van der Waals surface area contributed by atoms with Gasteiger partial charge < -0.3 is 20.5 Å². The molecule has 2 atom stereocenters. The number of carbonyl (C=O) groups is 2.